The average molecular weight is 544 g/mol. The molecule has 1 atom stereocenters. The zero-order valence-corrected chi connectivity index (χ0v) is 19.1. The van der Waals surface area contributed by atoms with Crippen molar-refractivity contribution in [3.8, 4) is 5.88 Å². The summed E-state index contributed by atoms with van der Waals surface area (Å²) >= 11 is 1.50. The number of guanidine groups is 1. The van der Waals surface area contributed by atoms with Crippen molar-refractivity contribution in [3.05, 3.63) is 46.3 Å². The summed E-state index contributed by atoms with van der Waals surface area (Å²) in [4.78, 5) is 8.02. The van der Waals surface area contributed by atoms with Gasteiger partial charge in [0.1, 0.15) is 12.2 Å². The summed E-state index contributed by atoms with van der Waals surface area (Å²) in [5.74, 6) is 0.610. The molecule has 0 aliphatic heterocycles. The fraction of sp³-hybridized carbons (Fsp3) is 0.444. The minimum Gasteiger partial charge on any atom is -0.476 e. The van der Waals surface area contributed by atoms with Crippen LogP contribution < -0.4 is 15.4 Å². The molecule has 0 aromatic carbocycles. The highest BCUT2D eigenvalue weighted by Gasteiger charge is 2.30. The summed E-state index contributed by atoms with van der Waals surface area (Å²) in [6.07, 6.45) is -3.69. The molecule has 0 spiro atoms. The van der Waals surface area contributed by atoms with E-state index in [1.54, 1.807) is 6.92 Å². The standard InChI is InChI=1S/C18H23F3N4O2S.HI/c1-3-22-16(25-12-17(2,26)14-6-9-28-11-14)23-7-8-27-15-5-4-13(10-24-15)18(19,20)21;/h4-6,9-11,26H,3,7-8,12H2,1-2H3,(H2,22,23,25);1H. The molecule has 2 aromatic rings. The van der Waals surface area contributed by atoms with Gasteiger partial charge in [0.05, 0.1) is 18.7 Å². The second kappa shape index (κ2) is 11.6. The first-order valence-electron chi connectivity index (χ1n) is 8.65. The van der Waals surface area contributed by atoms with Gasteiger partial charge in [-0.25, -0.2) is 9.98 Å². The third kappa shape index (κ3) is 8.34. The molecule has 0 bridgehead atoms. The lowest BCUT2D eigenvalue weighted by Gasteiger charge is -2.21. The number of pyridine rings is 1. The van der Waals surface area contributed by atoms with Crippen LogP contribution in [0.2, 0.25) is 0 Å². The van der Waals surface area contributed by atoms with Crippen molar-refractivity contribution in [3.63, 3.8) is 0 Å². The molecule has 0 amide bonds. The first-order chi connectivity index (χ1) is 13.2. The third-order valence-corrected chi connectivity index (χ3v) is 4.42. The molecule has 0 saturated carbocycles. The lowest BCUT2D eigenvalue weighted by molar-refractivity contribution is -0.137. The first-order valence-corrected chi connectivity index (χ1v) is 9.60. The van der Waals surface area contributed by atoms with Crippen molar-refractivity contribution in [1.29, 1.82) is 0 Å². The van der Waals surface area contributed by atoms with E-state index in [4.69, 9.17) is 4.74 Å². The number of ether oxygens (including phenoxy) is 1. The highest BCUT2D eigenvalue weighted by molar-refractivity contribution is 14.0. The van der Waals surface area contributed by atoms with E-state index < -0.39 is 17.3 Å². The first kappa shape index (κ1) is 25.4. The third-order valence-electron chi connectivity index (χ3n) is 3.74. The molecule has 0 aliphatic carbocycles. The van der Waals surface area contributed by atoms with Gasteiger partial charge in [0.2, 0.25) is 5.88 Å². The van der Waals surface area contributed by atoms with Crippen LogP contribution in [0.4, 0.5) is 13.2 Å². The molecule has 2 rings (SSSR count). The summed E-state index contributed by atoms with van der Waals surface area (Å²) < 4.78 is 42.9. The highest BCUT2D eigenvalue weighted by Crippen LogP contribution is 2.29. The highest BCUT2D eigenvalue weighted by atomic mass is 127. The van der Waals surface area contributed by atoms with Crippen LogP contribution in [-0.2, 0) is 11.8 Å². The predicted octanol–water partition coefficient (Wildman–Crippen LogP) is 3.62. The van der Waals surface area contributed by atoms with E-state index in [9.17, 15) is 18.3 Å². The van der Waals surface area contributed by atoms with Gasteiger partial charge in [-0.15, -0.1) is 24.0 Å². The van der Waals surface area contributed by atoms with Crippen LogP contribution in [0.15, 0.2) is 40.1 Å². The number of hydrogen-bond acceptors (Lipinski definition) is 5. The van der Waals surface area contributed by atoms with Gasteiger partial charge in [-0.1, -0.05) is 0 Å². The molecule has 1 unspecified atom stereocenters. The Labute approximate surface area is 188 Å². The Balaban J connectivity index is 0.00000420. The number of aliphatic imine (C=N–C) groups is 1. The van der Waals surface area contributed by atoms with E-state index in [0.717, 1.165) is 17.8 Å². The van der Waals surface area contributed by atoms with E-state index >= 15 is 0 Å². The molecule has 2 heterocycles. The van der Waals surface area contributed by atoms with Crippen LogP contribution in [0.25, 0.3) is 0 Å². The average Bonchev–Trinajstić information content (AvgIpc) is 3.18. The van der Waals surface area contributed by atoms with Gasteiger partial charge in [0.25, 0.3) is 0 Å². The second-order valence-corrected chi connectivity index (χ2v) is 6.92. The van der Waals surface area contributed by atoms with E-state index in [0.29, 0.717) is 19.0 Å². The number of aromatic nitrogens is 1. The van der Waals surface area contributed by atoms with Crippen molar-refractivity contribution in [1.82, 2.24) is 15.6 Å². The zero-order chi connectivity index (χ0) is 20.6. The fourth-order valence-corrected chi connectivity index (χ4v) is 2.98. The van der Waals surface area contributed by atoms with Crippen molar-refractivity contribution in [2.24, 2.45) is 4.99 Å². The van der Waals surface area contributed by atoms with Crippen LogP contribution in [0.3, 0.4) is 0 Å². The smallest absolute Gasteiger partial charge is 0.417 e. The second-order valence-electron chi connectivity index (χ2n) is 6.14. The molecule has 29 heavy (non-hydrogen) atoms. The number of aliphatic hydroxyl groups is 1. The molecular formula is C18H24F3IN4O2S. The van der Waals surface area contributed by atoms with Gasteiger partial charge in [0.15, 0.2) is 5.96 Å². The summed E-state index contributed by atoms with van der Waals surface area (Å²) in [5.41, 5.74) is -1.10. The van der Waals surface area contributed by atoms with Crippen LogP contribution in [0.1, 0.15) is 25.0 Å². The Hall–Kier alpha value is -1.60. The Kier molecular flexibility index (Phi) is 10.1. The van der Waals surface area contributed by atoms with Crippen molar-refractivity contribution >= 4 is 41.3 Å². The maximum Gasteiger partial charge on any atom is 0.417 e. The molecule has 162 valence electrons. The normalized spacial score (nSPS) is 13.9. The van der Waals surface area contributed by atoms with E-state index in [1.807, 2.05) is 23.8 Å². The van der Waals surface area contributed by atoms with Gasteiger partial charge in [-0.2, -0.15) is 24.5 Å². The van der Waals surface area contributed by atoms with E-state index in [2.05, 4.69) is 20.6 Å². The predicted molar refractivity (Wildman–Crippen MR) is 118 cm³/mol. The monoisotopic (exact) mass is 544 g/mol. The van der Waals surface area contributed by atoms with Crippen LogP contribution >= 0.6 is 35.3 Å². The van der Waals surface area contributed by atoms with Gasteiger partial charge < -0.3 is 20.5 Å². The summed E-state index contributed by atoms with van der Waals surface area (Å²) in [6, 6.07) is 3.96. The lowest BCUT2D eigenvalue weighted by Crippen LogP contribution is -2.40. The fourth-order valence-electron chi connectivity index (χ4n) is 2.20. The molecule has 0 saturated heterocycles. The molecule has 2 aromatic heterocycles. The minimum absolute atomic E-state index is 0. The van der Waals surface area contributed by atoms with Crippen molar-refractivity contribution < 1.29 is 23.0 Å². The topological polar surface area (TPSA) is 78.8 Å². The molecule has 11 heteroatoms. The van der Waals surface area contributed by atoms with Crippen LogP contribution in [0, 0.1) is 0 Å². The van der Waals surface area contributed by atoms with Crippen molar-refractivity contribution in [2.45, 2.75) is 25.6 Å². The number of thiophene rings is 1. The minimum atomic E-state index is -4.42. The number of hydrogen-bond donors (Lipinski definition) is 3. The number of nitrogens with zero attached hydrogens (tertiary/aromatic N) is 2. The molecule has 0 radical (unpaired) electrons. The van der Waals surface area contributed by atoms with E-state index in [1.165, 1.54) is 17.4 Å². The molecule has 3 N–H and O–H groups in total. The molecular weight excluding hydrogens is 520 g/mol. The number of nitrogens with one attached hydrogen (secondary N) is 2. The number of rotatable bonds is 8. The van der Waals surface area contributed by atoms with Gasteiger partial charge >= 0.3 is 6.18 Å². The SMILES string of the molecule is CCNC(=NCC(C)(O)c1ccsc1)NCCOc1ccc(C(F)(F)F)cn1.I. The maximum absolute atomic E-state index is 12.5. The Morgan fingerprint density at radius 2 is 2.00 bits per heavy atom. The van der Waals surface area contributed by atoms with E-state index in [-0.39, 0.29) is 43.0 Å². The largest absolute Gasteiger partial charge is 0.476 e. The summed E-state index contributed by atoms with van der Waals surface area (Å²) in [7, 11) is 0. The molecule has 0 aliphatic rings. The summed E-state index contributed by atoms with van der Waals surface area (Å²) in [6.45, 7) is 4.95. The van der Waals surface area contributed by atoms with Crippen molar-refractivity contribution in [2.75, 3.05) is 26.2 Å². The van der Waals surface area contributed by atoms with Gasteiger partial charge in [-0.05, 0) is 42.3 Å². The summed E-state index contributed by atoms with van der Waals surface area (Å²) in [5, 5.41) is 20.4. The van der Waals surface area contributed by atoms with Gasteiger partial charge in [-0.3, -0.25) is 0 Å². The van der Waals surface area contributed by atoms with Gasteiger partial charge in [0, 0.05) is 18.8 Å². The number of alkyl halides is 3. The van der Waals surface area contributed by atoms with Crippen LogP contribution in [0.5, 0.6) is 5.88 Å². The molecule has 6 nitrogen and oxygen atoms in total. The number of halogens is 4. The molecule has 0 fully saturated rings. The zero-order valence-electron chi connectivity index (χ0n) is 16.0. The quantitative estimate of drug-likeness (QED) is 0.205. The van der Waals surface area contributed by atoms with Crippen LogP contribution in [-0.4, -0.2) is 42.3 Å². The Morgan fingerprint density at radius 1 is 1.24 bits per heavy atom. The maximum atomic E-state index is 12.5. The Morgan fingerprint density at radius 3 is 2.55 bits per heavy atom. The Bertz CT molecular complexity index is 753. The lowest BCUT2D eigenvalue weighted by atomic mass is 10.00.